The molecule has 1 aromatic rings. The van der Waals surface area contributed by atoms with Gasteiger partial charge in [0.05, 0.1) is 23.8 Å². The molecular formula is C13H12O6. The molecule has 0 aliphatic carbocycles. The summed E-state index contributed by atoms with van der Waals surface area (Å²) in [6.45, 7) is 3.40. The quantitative estimate of drug-likeness (QED) is 0.640. The topological polar surface area (TPSA) is 89.9 Å². The van der Waals surface area contributed by atoms with Gasteiger partial charge >= 0.3 is 17.9 Å². The lowest BCUT2D eigenvalue weighted by Gasteiger charge is -2.07. The van der Waals surface area contributed by atoms with Crippen molar-refractivity contribution in [1.82, 2.24) is 0 Å². The molecule has 0 fully saturated rings. The molecule has 0 saturated heterocycles. The molecule has 100 valence electrons. The van der Waals surface area contributed by atoms with Crippen LogP contribution in [0.4, 0.5) is 0 Å². The molecule has 6 nitrogen and oxygen atoms in total. The van der Waals surface area contributed by atoms with E-state index in [0.717, 1.165) is 13.2 Å². The molecule has 6 heteroatoms. The average molecular weight is 264 g/mol. The Bertz CT molecular complexity index is 532. The Kier molecular flexibility index (Phi) is 4.82. The number of aromatic carboxylic acids is 1. The van der Waals surface area contributed by atoms with E-state index < -0.39 is 17.9 Å². The highest BCUT2D eigenvalue weighted by Gasteiger charge is 2.19. The molecule has 1 N–H and O–H groups in total. The van der Waals surface area contributed by atoms with Crippen molar-refractivity contribution < 1.29 is 29.0 Å². The predicted molar refractivity (Wildman–Crippen MR) is 65.2 cm³/mol. The molecule has 0 heterocycles. The number of carbonyl (C=O) groups is 3. The molecule has 0 unspecified atom stereocenters. The van der Waals surface area contributed by atoms with E-state index in [1.807, 2.05) is 0 Å². The molecule has 0 radical (unpaired) electrons. The van der Waals surface area contributed by atoms with E-state index in [4.69, 9.17) is 9.84 Å². The highest BCUT2D eigenvalue weighted by atomic mass is 16.5. The summed E-state index contributed by atoms with van der Waals surface area (Å²) in [7, 11) is 1.14. The lowest BCUT2D eigenvalue weighted by Crippen LogP contribution is -2.13. The minimum atomic E-state index is -1.33. The molecule has 0 bridgehead atoms. The Balaban J connectivity index is 3.16. The molecule has 1 aromatic carbocycles. The maximum atomic E-state index is 11.5. The zero-order chi connectivity index (χ0) is 14.4. The molecule has 1 rings (SSSR count). The zero-order valence-electron chi connectivity index (χ0n) is 10.2. The Hall–Kier alpha value is -2.63. The van der Waals surface area contributed by atoms with Gasteiger partial charge in [0.1, 0.15) is 6.61 Å². The molecule has 0 spiro atoms. The van der Waals surface area contributed by atoms with E-state index in [0.29, 0.717) is 0 Å². The number of hydrogen-bond acceptors (Lipinski definition) is 5. The molecule has 0 atom stereocenters. The van der Waals surface area contributed by atoms with Crippen molar-refractivity contribution in [1.29, 1.82) is 0 Å². The second-order valence-corrected chi connectivity index (χ2v) is 3.44. The van der Waals surface area contributed by atoms with E-state index in [1.165, 1.54) is 18.2 Å². The van der Waals surface area contributed by atoms with Gasteiger partial charge in [-0.3, -0.25) is 0 Å². The number of rotatable bonds is 5. The molecule has 0 saturated carbocycles. The van der Waals surface area contributed by atoms with Gasteiger partial charge in [0.25, 0.3) is 0 Å². The number of benzene rings is 1. The first-order chi connectivity index (χ1) is 9.01. The predicted octanol–water partition coefficient (Wildman–Crippen LogP) is 1.51. The lowest BCUT2D eigenvalue weighted by molar-refractivity contribution is 0.0545. The van der Waals surface area contributed by atoms with Crippen molar-refractivity contribution >= 4 is 17.9 Å². The standard InChI is InChI=1S/C13H12O6/c1-3-6-19-12(16)8-4-5-9(13(17)18-2)10(7-8)11(14)15/h3-5,7H,1,6H2,2H3,(H,14,15). The first kappa shape index (κ1) is 14.4. The van der Waals surface area contributed by atoms with Crippen LogP contribution in [-0.2, 0) is 9.47 Å². The smallest absolute Gasteiger partial charge is 0.338 e. The third-order valence-electron chi connectivity index (χ3n) is 2.22. The molecular weight excluding hydrogens is 252 g/mol. The fourth-order valence-electron chi connectivity index (χ4n) is 1.35. The van der Waals surface area contributed by atoms with E-state index >= 15 is 0 Å². The van der Waals surface area contributed by atoms with Crippen LogP contribution in [0.25, 0.3) is 0 Å². The maximum absolute atomic E-state index is 11.5. The zero-order valence-corrected chi connectivity index (χ0v) is 10.2. The van der Waals surface area contributed by atoms with Crippen LogP contribution in [0.5, 0.6) is 0 Å². The summed E-state index contributed by atoms with van der Waals surface area (Å²) in [6, 6.07) is 3.57. The van der Waals surface area contributed by atoms with E-state index in [2.05, 4.69) is 11.3 Å². The van der Waals surface area contributed by atoms with Gasteiger partial charge in [-0.1, -0.05) is 12.7 Å². The fraction of sp³-hybridized carbons (Fsp3) is 0.154. The number of carboxylic acids is 1. The summed E-state index contributed by atoms with van der Waals surface area (Å²) < 4.78 is 9.23. The van der Waals surface area contributed by atoms with Crippen LogP contribution in [0.3, 0.4) is 0 Å². The fourth-order valence-corrected chi connectivity index (χ4v) is 1.35. The van der Waals surface area contributed by atoms with Gasteiger partial charge in [0.2, 0.25) is 0 Å². The first-order valence-corrected chi connectivity index (χ1v) is 5.25. The summed E-state index contributed by atoms with van der Waals surface area (Å²) >= 11 is 0. The summed E-state index contributed by atoms with van der Waals surface area (Å²) in [6.07, 6.45) is 1.39. The summed E-state index contributed by atoms with van der Waals surface area (Å²) in [4.78, 5) is 34.0. The van der Waals surface area contributed by atoms with Crippen molar-refractivity contribution in [2.45, 2.75) is 0 Å². The van der Waals surface area contributed by atoms with Crippen molar-refractivity contribution in [3.63, 3.8) is 0 Å². The van der Waals surface area contributed by atoms with Gasteiger partial charge < -0.3 is 14.6 Å². The monoisotopic (exact) mass is 264 g/mol. The van der Waals surface area contributed by atoms with Crippen LogP contribution in [-0.4, -0.2) is 36.7 Å². The maximum Gasteiger partial charge on any atom is 0.338 e. The van der Waals surface area contributed by atoms with Gasteiger partial charge in [0, 0.05) is 0 Å². The lowest BCUT2D eigenvalue weighted by atomic mass is 10.0. The van der Waals surface area contributed by atoms with Crippen molar-refractivity contribution in [3.8, 4) is 0 Å². The normalized spacial score (nSPS) is 9.53. The van der Waals surface area contributed by atoms with Gasteiger partial charge in [-0.2, -0.15) is 0 Å². The molecule has 19 heavy (non-hydrogen) atoms. The first-order valence-electron chi connectivity index (χ1n) is 5.25. The van der Waals surface area contributed by atoms with Crippen LogP contribution in [0.1, 0.15) is 31.1 Å². The number of methoxy groups -OCH3 is 1. The number of hydrogen-bond donors (Lipinski definition) is 1. The average Bonchev–Trinajstić information content (AvgIpc) is 2.43. The van der Waals surface area contributed by atoms with Crippen LogP contribution in [0.15, 0.2) is 30.9 Å². The molecule has 0 aliphatic heterocycles. The molecule has 0 aliphatic rings. The van der Waals surface area contributed by atoms with Crippen LogP contribution < -0.4 is 0 Å². The minimum absolute atomic E-state index is 0.0139. The van der Waals surface area contributed by atoms with Crippen molar-refractivity contribution in [2.75, 3.05) is 13.7 Å². The van der Waals surface area contributed by atoms with E-state index in [-0.39, 0.29) is 23.3 Å². The second kappa shape index (κ2) is 6.34. The van der Waals surface area contributed by atoms with Crippen LogP contribution in [0, 0.1) is 0 Å². The number of esters is 2. The Labute approximate surface area is 109 Å². The van der Waals surface area contributed by atoms with Crippen LogP contribution >= 0.6 is 0 Å². The highest BCUT2D eigenvalue weighted by Crippen LogP contribution is 2.14. The number of carbonyl (C=O) groups excluding carboxylic acids is 2. The molecule has 0 aromatic heterocycles. The van der Waals surface area contributed by atoms with Gasteiger partial charge in [-0.25, -0.2) is 14.4 Å². The number of ether oxygens (including phenoxy) is 2. The third-order valence-corrected chi connectivity index (χ3v) is 2.22. The van der Waals surface area contributed by atoms with Crippen LogP contribution in [0.2, 0.25) is 0 Å². The largest absolute Gasteiger partial charge is 0.478 e. The SMILES string of the molecule is C=CCOC(=O)c1ccc(C(=O)OC)c(C(=O)O)c1. The van der Waals surface area contributed by atoms with Gasteiger partial charge in [0.15, 0.2) is 0 Å². The Morgan fingerprint density at radius 3 is 2.47 bits per heavy atom. The van der Waals surface area contributed by atoms with Gasteiger partial charge in [-0.15, -0.1) is 0 Å². The Morgan fingerprint density at radius 2 is 1.95 bits per heavy atom. The Morgan fingerprint density at radius 1 is 1.26 bits per heavy atom. The van der Waals surface area contributed by atoms with E-state index in [1.54, 1.807) is 0 Å². The second-order valence-electron chi connectivity index (χ2n) is 3.44. The van der Waals surface area contributed by atoms with Gasteiger partial charge in [-0.05, 0) is 18.2 Å². The summed E-state index contributed by atoms with van der Waals surface area (Å²) in [5.74, 6) is -2.82. The molecule has 0 amide bonds. The van der Waals surface area contributed by atoms with Crippen molar-refractivity contribution in [2.24, 2.45) is 0 Å². The third kappa shape index (κ3) is 3.41. The summed E-state index contributed by atoms with van der Waals surface area (Å²) in [5.41, 5.74) is -0.415. The summed E-state index contributed by atoms with van der Waals surface area (Å²) in [5, 5.41) is 9.02. The van der Waals surface area contributed by atoms with Crippen molar-refractivity contribution in [3.05, 3.63) is 47.5 Å². The highest BCUT2D eigenvalue weighted by molar-refractivity contribution is 6.04. The minimum Gasteiger partial charge on any atom is -0.478 e. The van der Waals surface area contributed by atoms with E-state index in [9.17, 15) is 14.4 Å². The number of carboxylic acid groups (broad SMARTS) is 1.